The van der Waals surface area contributed by atoms with Gasteiger partial charge in [-0.05, 0) is 68.7 Å². The molecule has 1 heterocycles. The van der Waals surface area contributed by atoms with Crippen molar-refractivity contribution in [3.63, 3.8) is 0 Å². The fourth-order valence-electron chi connectivity index (χ4n) is 3.69. The molecule has 2 amide bonds. The van der Waals surface area contributed by atoms with E-state index in [0.717, 1.165) is 51.2 Å². The fourth-order valence-corrected chi connectivity index (χ4v) is 3.96. The van der Waals surface area contributed by atoms with Crippen LogP contribution >= 0.6 is 15.9 Å². The number of hydrogen-bond acceptors (Lipinski definition) is 4. The highest BCUT2D eigenvalue weighted by Crippen LogP contribution is 2.30. The number of nitrogens with zero attached hydrogens (tertiary/aromatic N) is 1. The topological polar surface area (TPSA) is 83.7 Å². The minimum Gasteiger partial charge on any atom is -0.455 e. The van der Waals surface area contributed by atoms with E-state index in [1.807, 2.05) is 38.1 Å². The molecule has 0 saturated carbocycles. The second-order valence-electron chi connectivity index (χ2n) is 7.54. The Labute approximate surface area is 188 Å². The summed E-state index contributed by atoms with van der Waals surface area (Å²) in [6, 6.07) is 14.7. The summed E-state index contributed by atoms with van der Waals surface area (Å²) in [6.45, 7) is 3.82. The first-order chi connectivity index (χ1) is 14.9. The van der Waals surface area contributed by atoms with Crippen LogP contribution in [0.25, 0.3) is 0 Å². The molecule has 31 heavy (non-hydrogen) atoms. The number of benzene rings is 2. The zero-order chi connectivity index (χ0) is 22.0. The minimum atomic E-state index is -0.296. The number of furan rings is 1. The Hall–Kier alpha value is -3.19. The van der Waals surface area contributed by atoms with Crippen LogP contribution < -0.4 is 10.7 Å². The van der Waals surface area contributed by atoms with Gasteiger partial charge in [0, 0.05) is 33.3 Å². The number of hydrazone groups is 1. The van der Waals surface area contributed by atoms with Crippen LogP contribution in [-0.2, 0) is 6.42 Å². The number of fused-ring (bicyclic) bond motifs is 1. The third-order valence-corrected chi connectivity index (χ3v) is 5.74. The highest BCUT2D eigenvalue weighted by molar-refractivity contribution is 9.10. The van der Waals surface area contributed by atoms with Crippen molar-refractivity contribution in [1.82, 2.24) is 5.43 Å². The van der Waals surface area contributed by atoms with Gasteiger partial charge in [0.05, 0.1) is 5.71 Å². The number of amides is 2. The number of rotatable bonds is 4. The molecule has 3 aromatic rings. The van der Waals surface area contributed by atoms with E-state index >= 15 is 0 Å². The summed E-state index contributed by atoms with van der Waals surface area (Å²) < 4.78 is 6.83. The lowest BCUT2D eigenvalue weighted by Gasteiger charge is -2.13. The van der Waals surface area contributed by atoms with E-state index in [4.69, 9.17) is 4.42 Å². The van der Waals surface area contributed by atoms with Crippen molar-refractivity contribution >= 4 is 39.1 Å². The van der Waals surface area contributed by atoms with Crippen molar-refractivity contribution in [1.29, 1.82) is 0 Å². The molecule has 0 spiro atoms. The number of hydrogen-bond donors (Lipinski definition) is 2. The molecule has 2 aromatic carbocycles. The van der Waals surface area contributed by atoms with Crippen molar-refractivity contribution in [2.75, 3.05) is 5.32 Å². The monoisotopic (exact) mass is 479 g/mol. The van der Waals surface area contributed by atoms with Gasteiger partial charge in [-0.3, -0.25) is 9.59 Å². The number of carbonyl (C=O) groups excluding carboxylic acids is 2. The largest absolute Gasteiger partial charge is 0.455 e. The van der Waals surface area contributed by atoms with E-state index in [9.17, 15) is 9.59 Å². The van der Waals surface area contributed by atoms with Crippen LogP contribution in [0.4, 0.5) is 5.69 Å². The van der Waals surface area contributed by atoms with Gasteiger partial charge in [-0.15, -0.1) is 0 Å². The van der Waals surface area contributed by atoms with Crippen molar-refractivity contribution in [2.24, 2.45) is 5.10 Å². The molecule has 0 atom stereocenters. The van der Waals surface area contributed by atoms with E-state index in [0.29, 0.717) is 12.0 Å². The lowest BCUT2D eigenvalue weighted by molar-refractivity contribution is 0.0953. The van der Waals surface area contributed by atoms with Gasteiger partial charge >= 0.3 is 0 Å². The molecule has 0 saturated heterocycles. The number of anilines is 1. The number of aryl methyl sites for hydroxylation is 2. The second-order valence-corrected chi connectivity index (χ2v) is 8.45. The number of carbonyl (C=O) groups is 2. The highest BCUT2D eigenvalue weighted by atomic mass is 79.9. The van der Waals surface area contributed by atoms with E-state index in [1.165, 1.54) is 0 Å². The van der Waals surface area contributed by atoms with Crippen molar-refractivity contribution < 1.29 is 14.0 Å². The Bertz CT molecular complexity index is 1180. The van der Waals surface area contributed by atoms with Crippen molar-refractivity contribution in [3.05, 3.63) is 86.8 Å². The molecule has 0 radical (unpaired) electrons. The van der Waals surface area contributed by atoms with Gasteiger partial charge < -0.3 is 9.73 Å². The van der Waals surface area contributed by atoms with E-state index in [-0.39, 0.29) is 17.6 Å². The first-order valence-electron chi connectivity index (χ1n) is 10.1. The van der Waals surface area contributed by atoms with Crippen LogP contribution in [-0.4, -0.2) is 17.5 Å². The maximum Gasteiger partial charge on any atom is 0.291 e. The van der Waals surface area contributed by atoms with Crippen LogP contribution in [0.2, 0.25) is 0 Å². The van der Waals surface area contributed by atoms with Gasteiger partial charge in [0.1, 0.15) is 5.76 Å². The third-order valence-electron chi connectivity index (χ3n) is 5.21. The standard InChI is InChI=1S/C24H22BrN3O3/c1-14-5-3-6-18(13-14)26-24(30)22-15(2)21-19(7-4-8-20(21)31-22)27-28-23(29)16-9-11-17(25)12-10-16/h3,5-6,9-13H,4,7-8H2,1-2H3,(H,26,30)(H,28,29)/b27-19+. The van der Waals surface area contributed by atoms with Gasteiger partial charge in [-0.2, -0.15) is 5.10 Å². The molecule has 0 fully saturated rings. The van der Waals surface area contributed by atoms with Crippen molar-refractivity contribution in [2.45, 2.75) is 33.1 Å². The predicted molar refractivity (Wildman–Crippen MR) is 124 cm³/mol. The van der Waals surface area contributed by atoms with Crippen molar-refractivity contribution in [3.8, 4) is 0 Å². The zero-order valence-corrected chi connectivity index (χ0v) is 18.9. The Kier molecular flexibility index (Phi) is 6.04. The van der Waals surface area contributed by atoms with E-state index in [1.54, 1.807) is 24.3 Å². The van der Waals surface area contributed by atoms with E-state index < -0.39 is 0 Å². The summed E-state index contributed by atoms with van der Waals surface area (Å²) >= 11 is 3.36. The predicted octanol–water partition coefficient (Wildman–Crippen LogP) is 5.38. The normalized spacial score (nSPS) is 14.2. The highest BCUT2D eigenvalue weighted by Gasteiger charge is 2.28. The molecule has 1 aliphatic carbocycles. The minimum absolute atomic E-state index is 0.278. The average Bonchev–Trinajstić information content (AvgIpc) is 3.10. The Balaban J connectivity index is 1.56. The van der Waals surface area contributed by atoms with Crippen LogP contribution in [0.3, 0.4) is 0 Å². The quantitative estimate of drug-likeness (QED) is 0.492. The first kappa shape index (κ1) is 21.1. The average molecular weight is 480 g/mol. The zero-order valence-electron chi connectivity index (χ0n) is 17.3. The maximum absolute atomic E-state index is 12.8. The maximum atomic E-state index is 12.8. The van der Waals surface area contributed by atoms with Gasteiger partial charge in [-0.25, -0.2) is 5.43 Å². The molecular formula is C24H22BrN3O3. The summed E-state index contributed by atoms with van der Waals surface area (Å²) in [5, 5.41) is 7.26. The van der Waals surface area contributed by atoms with Crippen LogP contribution in [0.5, 0.6) is 0 Å². The lowest BCUT2D eigenvalue weighted by Crippen LogP contribution is -2.22. The summed E-state index contributed by atoms with van der Waals surface area (Å²) in [4.78, 5) is 25.2. The van der Waals surface area contributed by atoms with Crippen LogP contribution in [0.15, 0.2) is 62.5 Å². The van der Waals surface area contributed by atoms with Gasteiger partial charge in [0.25, 0.3) is 11.8 Å². The van der Waals surface area contributed by atoms with Gasteiger partial charge in [0.15, 0.2) is 5.76 Å². The molecule has 1 aromatic heterocycles. The van der Waals surface area contributed by atoms with Crippen LogP contribution in [0.1, 0.15) is 56.2 Å². The summed E-state index contributed by atoms with van der Waals surface area (Å²) in [5.41, 5.74) is 7.20. The number of nitrogens with one attached hydrogen (secondary N) is 2. The molecule has 0 aliphatic heterocycles. The molecule has 6 nitrogen and oxygen atoms in total. The molecule has 0 bridgehead atoms. The molecule has 7 heteroatoms. The molecule has 4 rings (SSSR count). The molecule has 2 N–H and O–H groups in total. The summed E-state index contributed by atoms with van der Waals surface area (Å²) in [7, 11) is 0. The fraction of sp³-hybridized carbons (Fsp3) is 0.208. The Morgan fingerprint density at radius 3 is 2.55 bits per heavy atom. The molecular weight excluding hydrogens is 458 g/mol. The Morgan fingerprint density at radius 2 is 1.81 bits per heavy atom. The smallest absolute Gasteiger partial charge is 0.291 e. The first-order valence-corrected chi connectivity index (χ1v) is 10.8. The molecule has 158 valence electrons. The van der Waals surface area contributed by atoms with Gasteiger partial charge in [-0.1, -0.05) is 28.1 Å². The second kappa shape index (κ2) is 8.89. The Morgan fingerprint density at radius 1 is 1.03 bits per heavy atom. The van der Waals surface area contributed by atoms with Gasteiger partial charge in [0.2, 0.25) is 0 Å². The molecule has 1 aliphatic rings. The summed E-state index contributed by atoms with van der Waals surface area (Å²) in [5.74, 6) is 0.427. The molecule has 0 unspecified atom stereocenters. The third kappa shape index (κ3) is 4.61. The SMILES string of the molecule is Cc1cccc(NC(=O)c2oc3c(c2C)/C(=N/NC(=O)c2ccc(Br)cc2)CCC3)c1. The lowest BCUT2D eigenvalue weighted by atomic mass is 9.93. The number of halogens is 1. The van der Waals surface area contributed by atoms with E-state index in [2.05, 4.69) is 31.8 Å². The summed E-state index contributed by atoms with van der Waals surface area (Å²) in [6.07, 6.45) is 2.27. The van der Waals surface area contributed by atoms with Crippen LogP contribution in [0, 0.1) is 13.8 Å².